The molecule has 0 spiro atoms. The first-order chi connectivity index (χ1) is 6.52. The summed E-state index contributed by atoms with van der Waals surface area (Å²) in [6.45, 7) is 13.4. The van der Waals surface area contributed by atoms with Crippen LogP contribution in [0.25, 0.3) is 0 Å². The molecule has 1 atom stereocenters. The zero-order chi connectivity index (χ0) is 11.0. The van der Waals surface area contributed by atoms with E-state index in [2.05, 4.69) is 45.3 Å². The van der Waals surface area contributed by atoms with E-state index in [1.807, 2.05) is 0 Å². The normalized spacial score (nSPS) is 13.9. The average molecular weight is 200 g/mol. The molecule has 0 aliphatic rings. The molecule has 14 heavy (non-hydrogen) atoms. The fourth-order valence-corrected chi connectivity index (χ4v) is 1.34. The second kappa shape index (κ2) is 8.25. The Balaban J connectivity index is 3.22. The summed E-state index contributed by atoms with van der Waals surface area (Å²) in [7, 11) is 0. The van der Waals surface area contributed by atoms with E-state index < -0.39 is 0 Å². The van der Waals surface area contributed by atoms with Gasteiger partial charge in [0.1, 0.15) is 0 Å². The minimum atomic E-state index is 0.588. The third-order valence-corrected chi connectivity index (χ3v) is 2.28. The Morgan fingerprint density at radius 1 is 0.929 bits per heavy atom. The largest absolute Gasteiger partial charge is 0.313 e. The lowest BCUT2D eigenvalue weighted by Gasteiger charge is -2.16. The van der Waals surface area contributed by atoms with Crippen LogP contribution in [0.5, 0.6) is 0 Å². The number of nitrogens with one attached hydrogen (secondary N) is 2. The molecule has 0 fully saturated rings. The molecule has 0 rings (SSSR count). The minimum absolute atomic E-state index is 0.588. The van der Waals surface area contributed by atoms with Crippen molar-refractivity contribution in [2.75, 3.05) is 13.1 Å². The van der Waals surface area contributed by atoms with Crippen LogP contribution in [-0.2, 0) is 0 Å². The summed E-state index contributed by atoms with van der Waals surface area (Å²) in [5.41, 5.74) is 0. The molecule has 0 amide bonds. The van der Waals surface area contributed by atoms with Crippen molar-refractivity contribution >= 4 is 0 Å². The zero-order valence-corrected chi connectivity index (χ0v) is 10.6. The third kappa shape index (κ3) is 10.0. The molecule has 0 aliphatic carbocycles. The van der Waals surface area contributed by atoms with E-state index in [0.29, 0.717) is 12.1 Å². The van der Waals surface area contributed by atoms with Crippen LogP contribution in [0.15, 0.2) is 0 Å². The Morgan fingerprint density at radius 2 is 1.57 bits per heavy atom. The molecular weight excluding hydrogens is 172 g/mol. The highest BCUT2D eigenvalue weighted by Gasteiger charge is 2.01. The van der Waals surface area contributed by atoms with Crippen LogP contribution in [0.1, 0.15) is 47.5 Å². The van der Waals surface area contributed by atoms with E-state index in [-0.39, 0.29) is 0 Å². The van der Waals surface area contributed by atoms with Crippen molar-refractivity contribution in [3.63, 3.8) is 0 Å². The fraction of sp³-hybridized carbons (Fsp3) is 1.00. The molecule has 0 saturated carbocycles. The lowest BCUT2D eigenvalue weighted by Crippen LogP contribution is -2.39. The number of hydrogen-bond donors (Lipinski definition) is 2. The van der Waals surface area contributed by atoms with Crippen LogP contribution in [0.4, 0.5) is 0 Å². The molecule has 0 aromatic carbocycles. The van der Waals surface area contributed by atoms with Crippen molar-refractivity contribution < 1.29 is 0 Å². The maximum absolute atomic E-state index is 3.53. The van der Waals surface area contributed by atoms with Crippen molar-refractivity contribution in [3.05, 3.63) is 0 Å². The van der Waals surface area contributed by atoms with Gasteiger partial charge in [0, 0.05) is 18.6 Å². The van der Waals surface area contributed by atoms with Crippen molar-refractivity contribution in [2.45, 2.75) is 59.5 Å². The molecule has 2 heteroatoms. The van der Waals surface area contributed by atoms with Gasteiger partial charge in [-0.1, -0.05) is 27.7 Å². The molecule has 0 aromatic heterocycles. The van der Waals surface area contributed by atoms with Gasteiger partial charge >= 0.3 is 0 Å². The lowest BCUT2D eigenvalue weighted by molar-refractivity contribution is 0.453. The second-order valence-electron chi connectivity index (χ2n) is 4.95. The Kier molecular flexibility index (Phi) is 8.20. The highest BCUT2D eigenvalue weighted by molar-refractivity contribution is 4.65. The van der Waals surface area contributed by atoms with Crippen LogP contribution in [0, 0.1) is 5.92 Å². The van der Waals surface area contributed by atoms with Crippen molar-refractivity contribution in [1.29, 1.82) is 0 Å². The third-order valence-electron chi connectivity index (χ3n) is 2.28. The molecular formula is C12H28N2. The number of rotatable bonds is 8. The van der Waals surface area contributed by atoms with Gasteiger partial charge in [-0.3, -0.25) is 0 Å². The van der Waals surface area contributed by atoms with E-state index >= 15 is 0 Å². The first-order valence-electron chi connectivity index (χ1n) is 5.99. The van der Waals surface area contributed by atoms with E-state index in [0.717, 1.165) is 19.0 Å². The van der Waals surface area contributed by atoms with Gasteiger partial charge in [0.25, 0.3) is 0 Å². The predicted octanol–water partition coefficient (Wildman–Crippen LogP) is 2.40. The molecule has 1 unspecified atom stereocenters. The van der Waals surface area contributed by atoms with Gasteiger partial charge in [-0.2, -0.15) is 0 Å². The predicted molar refractivity (Wildman–Crippen MR) is 64.7 cm³/mol. The monoisotopic (exact) mass is 200 g/mol. The second-order valence-corrected chi connectivity index (χ2v) is 4.95. The molecule has 2 nitrogen and oxygen atoms in total. The Hall–Kier alpha value is -0.0800. The smallest absolute Gasteiger partial charge is 0.0164 e. The van der Waals surface area contributed by atoms with Crippen LogP contribution in [0.2, 0.25) is 0 Å². The molecule has 0 heterocycles. The first kappa shape index (κ1) is 13.9. The maximum Gasteiger partial charge on any atom is 0.0164 e. The molecule has 0 radical (unpaired) electrons. The van der Waals surface area contributed by atoms with Crippen LogP contribution in [-0.4, -0.2) is 25.2 Å². The molecule has 0 aliphatic heterocycles. The summed E-state index contributed by atoms with van der Waals surface area (Å²) in [6.07, 6.45) is 2.63. The van der Waals surface area contributed by atoms with E-state index in [1.54, 1.807) is 0 Å². The quantitative estimate of drug-likeness (QED) is 0.588. The zero-order valence-electron chi connectivity index (χ0n) is 10.6. The fourth-order valence-electron chi connectivity index (χ4n) is 1.34. The molecule has 0 bridgehead atoms. The van der Waals surface area contributed by atoms with Crippen molar-refractivity contribution in [1.82, 2.24) is 10.6 Å². The van der Waals surface area contributed by atoms with E-state index in [4.69, 9.17) is 0 Å². The topological polar surface area (TPSA) is 24.1 Å². The summed E-state index contributed by atoms with van der Waals surface area (Å²) in [5, 5.41) is 6.96. The summed E-state index contributed by atoms with van der Waals surface area (Å²) in [4.78, 5) is 0. The Morgan fingerprint density at radius 3 is 2.07 bits per heavy atom. The Labute approximate surface area is 89.9 Å². The van der Waals surface area contributed by atoms with Gasteiger partial charge in [0.2, 0.25) is 0 Å². The van der Waals surface area contributed by atoms with Gasteiger partial charge in [-0.05, 0) is 32.2 Å². The minimum Gasteiger partial charge on any atom is -0.313 e. The SMILES string of the molecule is CC(C)CCCNC(C)CNC(C)C. The summed E-state index contributed by atoms with van der Waals surface area (Å²) in [5.74, 6) is 0.834. The van der Waals surface area contributed by atoms with Crippen LogP contribution in [0.3, 0.4) is 0 Å². The maximum atomic E-state index is 3.53. The molecule has 2 N–H and O–H groups in total. The summed E-state index contributed by atoms with van der Waals surface area (Å²) < 4.78 is 0. The Bertz CT molecular complexity index is 121. The van der Waals surface area contributed by atoms with Crippen LogP contribution < -0.4 is 10.6 Å². The van der Waals surface area contributed by atoms with Gasteiger partial charge in [-0.25, -0.2) is 0 Å². The lowest BCUT2D eigenvalue weighted by atomic mass is 10.1. The van der Waals surface area contributed by atoms with Gasteiger partial charge in [0.05, 0.1) is 0 Å². The average Bonchev–Trinajstić information content (AvgIpc) is 2.08. The number of hydrogen-bond acceptors (Lipinski definition) is 2. The van der Waals surface area contributed by atoms with Crippen molar-refractivity contribution in [2.24, 2.45) is 5.92 Å². The first-order valence-corrected chi connectivity index (χ1v) is 5.99. The highest BCUT2D eigenvalue weighted by Crippen LogP contribution is 2.01. The molecule has 86 valence electrons. The molecule has 0 saturated heterocycles. The highest BCUT2D eigenvalue weighted by atomic mass is 15.0. The summed E-state index contributed by atoms with van der Waals surface area (Å²) >= 11 is 0. The van der Waals surface area contributed by atoms with Gasteiger partial charge in [0.15, 0.2) is 0 Å². The van der Waals surface area contributed by atoms with Crippen molar-refractivity contribution in [3.8, 4) is 0 Å². The summed E-state index contributed by atoms with van der Waals surface area (Å²) in [6, 6.07) is 1.18. The van der Waals surface area contributed by atoms with E-state index in [1.165, 1.54) is 12.8 Å². The van der Waals surface area contributed by atoms with Gasteiger partial charge in [-0.15, -0.1) is 0 Å². The van der Waals surface area contributed by atoms with E-state index in [9.17, 15) is 0 Å². The van der Waals surface area contributed by atoms with Crippen LogP contribution >= 0.6 is 0 Å². The van der Waals surface area contributed by atoms with Gasteiger partial charge < -0.3 is 10.6 Å². The molecule has 0 aromatic rings. The standard InChI is InChI=1S/C12H28N2/c1-10(2)7-6-8-13-12(5)9-14-11(3)4/h10-14H,6-9H2,1-5H3.